The number of hydrogen-bond acceptors (Lipinski definition) is 5. The van der Waals surface area contributed by atoms with Gasteiger partial charge in [0.15, 0.2) is 6.29 Å². The number of carbonyl (C=O) groups is 1. The monoisotopic (exact) mass is 299 g/mol. The largest absolute Gasteiger partial charge is 0.351 e. The molecule has 1 amide bonds. The highest BCUT2D eigenvalue weighted by Crippen LogP contribution is 2.21. The maximum atomic E-state index is 11.7. The van der Waals surface area contributed by atoms with E-state index in [1.165, 1.54) is 4.90 Å². The quantitative estimate of drug-likeness (QED) is 0.507. The smallest absolute Gasteiger partial charge is 0.237 e. The second kappa shape index (κ2) is 6.70. The Hall–Kier alpha value is -0.370. The van der Waals surface area contributed by atoms with Crippen molar-refractivity contribution >= 4 is 25.6 Å². The zero-order valence-electron chi connectivity index (χ0n) is 10.5. The molecule has 1 heterocycles. The number of rotatable bonds is 7. The molecule has 1 unspecified atom stereocenters. The molecule has 0 saturated carbocycles. The predicted octanol–water partition coefficient (Wildman–Crippen LogP) is 0.555. The summed E-state index contributed by atoms with van der Waals surface area (Å²) in [5.74, 6) is -0.242. The third-order valence-electron chi connectivity index (χ3n) is 2.65. The van der Waals surface area contributed by atoms with E-state index in [-0.39, 0.29) is 25.4 Å². The number of halogens is 1. The highest BCUT2D eigenvalue weighted by Gasteiger charge is 2.38. The lowest BCUT2D eigenvalue weighted by Crippen LogP contribution is -2.37. The SMILES string of the molecule is CCOC(CN1CC(S(=O)(=O)Cl)CC1=O)OCC. The Morgan fingerprint density at radius 2 is 1.94 bits per heavy atom. The van der Waals surface area contributed by atoms with Crippen molar-refractivity contribution in [2.24, 2.45) is 0 Å². The lowest BCUT2D eigenvalue weighted by molar-refractivity contribution is -0.155. The van der Waals surface area contributed by atoms with Crippen molar-refractivity contribution in [2.75, 3.05) is 26.3 Å². The van der Waals surface area contributed by atoms with Gasteiger partial charge in [0.25, 0.3) is 0 Å². The zero-order chi connectivity index (χ0) is 13.8. The topological polar surface area (TPSA) is 72.9 Å². The van der Waals surface area contributed by atoms with Crippen molar-refractivity contribution in [3.05, 3.63) is 0 Å². The fourth-order valence-electron chi connectivity index (χ4n) is 1.81. The van der Waals surface area contributed by atoms with Crippen LogP contribution in [-0.2, 0) is 23.3 Å². The maximum Gasteiger partial charge on any atom is 0.237 e. The normalized spacial score (nSPS) is 21.0. The van der Waals surface area contributed by atoms with Crippen molar-refractivity contribution in [3.63, 3.8) is 0 Å². The molecule has 1 atom stereocenters. The van der Waals surface area contributed by atoms with E-state index in [0.717, 1.165) is 0 Å². The number of hydrogen-bond donors (Lipinski definition) is 0. The van der Waals surface area contributed by atoms with E-state index in [1.54, 1.807) is 0 Å². The highest BCUT2D eigenvalue weighted by molar-refractivity contribution is 8.14. The summed E-state index contributed by atoms with van der Waals surface area (Å²) >= 11 is 0. The van der Waals surface area contributed by atoms with Gasteiger partial charge in [-0.3, -0.25) is 4.79 Å². The van der Waals surface area contributed by atoms with Crippen LogP contribution in [0.2, 0.25) is 0 Å². The van der Waals surface area contributed by atoms with Crippen molar-refractivity contribution in [3.8, 4) is 0 Å². The molecule has 0 spiro atoms. The molecule has 0 bridgehead atoms. The van der Waals surface area contributed by atoms with Gasteiger partial charge in [0.2, 0.25) is 15.0 Å². The van der Waals surface area contributed by atoms with Gasteiger partial charge >= 0.3 is 0 Å². The van der Waals surface area contributed by atoms with Crippen LogP contribution in [0, 0.1) is 0 Å². The molecule has 1 saturated heterocycles. The molecule has 0 aliphatic carbocycles. The standard InChI is InChI=1S/C10H18ClNO5S/c1-3-16-10(17-4-2)7-12-6-8(5-9(12)13)18(11,14)15/h8,10H,3-7H2,1-2H3. The molecule has 106 valence electrons. The van der Waals surface area contributed by atoms with Crippen LogP contribution in [0.5, 0.6) is 0 Å². The summed E-state index contributed by atoms with van der Waals surface area (Å²) in [4.78, 5) is 13.1. The Kier molecular flexibility index (Phi) is 5.84. The first-order valence-electron chi connectivity index (χ1n) is 5.82. The van der Waals surface area contributed by atoms with Gasteiger partial charge in [0, 0.05) is 36.9 Å². The van der Waals surface area contributed by atoms with Gasteiger partial charge in [-0.1, -0.05) is 0 Å². The fourth-order valence-corrected chi connectivity index (χ4v) is 2.86. The number of carbonyl (C=O) groups excluding carboxylic acids is 1. The summed E-state index contributed by atoms with van der Waals surface area (Å²) in [5, 5.41) is -0.837. The second-order valence-corrected chi connectivity index (χ2v) is 6.85. The van der Waals surface area contributed by atoms with E-state index >= 15 is 0 Å². The van der Waals surface area contributed by atoms with Crippen LogP contribution in [-0.4, -0.2) is 57.1 Å². The van der Waals surface area contributed by atoms with E-state index in [2.05, 4.69) is 0 Å². The Morgan fingerprint density at radius 1 is 1.39 bits per heavy atom. The summed E-state index contributed by atoms with van der Waals surface area (Å²) in [6.07, 6.45) is -0.600. The van der Waals surface area contributed by atoms with Gasteiger partial charge in [-0.05, 0) is 13.8 Å². The van der Waals surface area contributed by atoms with Crippen LogP contribution in [0.3, 0.4) is 0 Å². The summed E-state index contributed by atoms with van der Waals surface area (Å²) < 4.78 is 33.0. The number of ether oxygens (including phenoxy) is 2. The maximum absolute atomic E-state index is 11.7. The van der Waals surface area contributed by atoms with Crippen LogP contribution < -0.4 is 0 Å². The molecule has 6 nitrogen and oxygen atoms in total. The minimum atomic E-state index is -3.70. The van der Waals surface area contributed by atoms with Gasteiger partial charge in [-0.2, -0.15) is 0 Å². The first-order valence-corrected chi connectivity index (χ1v) is 8.20. The van der Waals surface area contributed by atoms with Gasteiger partial charge in [-0.15, -0.1) is 0 Å². The minimum Gasteiger partial charge on any atom is -0.351 e. The van der Waals surface area contributed by atoms with E-state index in [4.69, 9.17) is 20.2 Å². The van der Waals surface area contributed by atoms with Gasteiger partial charge in [0.05, 0.1) is 6.54 Å². The zero-order valence-corrected chi connectivity index (χ0v) is 12.0. The van der Waals surface area contributed by atoms with Crippen LogP contribution in [0.4, 0.5) is 0 Å². The number of nitrogens with zero attached hydrogens (tertiary/aromatic N) is 1. The molecule has 0 aromatic heterocycles. The first kappa shape index (κ1) is 15.7. The summed E-state index contributed by atoms with van der Waals surface area (Å²) in [7, 11) is 1.56. The Labute approximate surface area is 112 Å². The Bertz CT molecular complexity index is 380. The van der Waals surface area contributed by atoms with Gasteiger partial charge < -0.3 is 14.4 Å². The average molecular weight is 300 g/mol. The molecule has 18 heavy (non-hydrogen) atoms. The van der Waals surface area contributed by atoms with Crippen LogP contribution in [0.15, 0.2) is 0 Å². The van der Waals surface area contributed by atoms with Crippen molar-refractivity contribution in [2.45, 2.75) is 31.8 Å². The molecular weight excluding hydrogens is 282 g/mol. The third-order valence-corrected chi connectivity index (χ3v) is 4.52. The fraction of sp³-hybridized carbons (Fsp3) is 0.900. The lowest BCUT2D eigenvalue weighted by atomic mass is 10.4. The van der Waals surface area contributed by atoms with Crippen LogP contribution in [0.1, 0.15) is 20.3 Å². The number of amides is 1. The predicted molar refractivity (Wildman–Crippen MR) is 66.8 cm³/mol. The molecule has 8 heteroatoms. The molecule has 0 aromatic rings. The first-order chi connectivity index (χ1) is 8.38. The molecular formula is C10H18ClNO5S. The highest BCUT2D eigenvalue weighted by atomic mass is 35.7. The molecule has 0 N–H and O–H groups in total. The average Bonchev–Trinajstić information content (AvgIpc) is 2.61. The number of likely N-dealkylation sites (tertiary alicyclic amines) is 1. The van der Waals surface area contributed by atoms with Gasteiger partial charge in [-0.25, -0.2) is 8.42 Å². The minimum absolute atomic E-state index is 0.0726. The van der Waals surface area contributed by atoms with E-state index < -0.39 is 20.6 Å². The van der Waals surface area contributed by atoms with E-state index in [1.807, 2.05) is 13.8 Å². The Morgan fingerprint density at radius 3 is 2.33 bits per heavy atom. The second-order valence-electron chi connectivity index (χ2n) is 3.94. The molecule has 1 fully saturated rings. The lowest BCUT2D eigenvalue weighted by Gasteiger charge is -2.23. The summed E-state index contributed by atoms with van der Waals surface area (Å²) in [6.45, 7) is 4.90. The van der Waals surface area contributed by atoms with Crippen molar-refractivity contribution in [1.29, 1.82) is 0 Å². The van der Waals surface area contributed by atoms with Gasteiger partial charge in [0.1, 0.15) is 5.25 Å². The van der Waals surface area contributed by atoms with Crippen LogP contribution >= 0.6 is 10.7 Å². The molecule has 1 rings (SSSR count). The molecule has 0 radical (unpaired) electrons. The van der Waals surface area contributed by atoms with Crippen molar-refractivity contribution < 1.29 is 22.7 Å². The van der Waals surface area contributed by atoms with E-state index in [0.29, 0.717) is 13.2 Å². The third kappa shape index (κ3) is 4.38. The van der Waals surface area contributed by atoms with E-state index in [9.17, 15) is 13.2 Å². The summed E-state index contributed by atoms with van der Waals surface area (Å²) in [6, 6.07) is 0. The van der Waals surface area contributed by atoms with Crippen molar-refractivity contribution in [1.82, 2.24) is 4.90 Å². The van der Waals surface area contributed by atoms with Crippen LogP contribution in [0.25, 0.3) is 0 Å². The molecule has 1 aliphatic rings. The molecule has 0 aromatic carbocycles. The Balaban J connectivity index is 2.59. The molecule has 1 aliphatic heterocycles. The summed E-state index contributed by atoms with van der Waals surface area (Å²) in [5.41, 5.74) is 0.